The highest BCUT2D eigenvalue weighted by Gasteiger charge is 2.22. The quantitative estimate of drug-likeness (QED) is 0.556. The first-order valence-corrected chi connectivity index (χ1v) is 9.02. The summed E-state index contributed by atoms with van der Waals surface area (Å²) in [6.07, 6.45) is 4.01. The van der Waals surface area contributed by atoms with Gasteiger partial charge in [-0.2, -0.15) is 0 Å². The van der Waals surface area contributed by atoms with Crippen LogP contribution >= 0.6 is 0 Å². The molecule has 6 heteroatoms. The zero-order valence-electron chi connectivity index (χ0n) is 15.1. The number of pyridine rings is 1. The van der Waals surface area contributed by atoms with Crippen LogP contribution in [0.3, 0.4) is 0 Å². The lowest BCUT2D eigenvalue weighted by Gasteiger charge is -2.18. The number of aromatic nitrogens is 4. The molecule has 140 valence electrons. The van der Waals surface area contributed by atoms with Gasteiger partial charge in [0.25, 0.3) is 0 Å². The topological polar surface area (TPSA) is 63.8 Å². The van der Waals surface area contributed by atoms with Crippen LogP contribution in [0.2, 0.25) is 0 Å². The Labute approximate surface area is 162 Å². The summed E-state index contributed by atoms with van der Waals surface area (Å²) in [6.45, 7) is -0.0841. The van der Waals surface area contributed by atoms with Crippen molar-refractivity contribution in [1.29, 1.82) is 0 Å². The van der Waals surface area contributed by atoms with E-state index in [2.05, 4.69) is 15.3 Å². The van der Waals surface area contributed by atoms with E-state index in [-0.39, 0.29) is 18.5 Å². The molecule has 4 rings (SSSR count). The van der Waals surface area contributed by atoms with Gasteiger partial charge in [0.1, 0.15) is 11.5 Å². The monoisotopic (exact) mass is 374 g/mol. The summed E-state index contributed by atoms with van der Waals surface area (Å²) in [5.41, 5.74) is 4.14. The molecule has 2 aromatic heterocycles. The zero-order chi connectivity index (χ0) is 19.3. The minimum Gasteiger partial charge on any atom is -0.394 e. The molecule has 0 aliphatic heterocycles. The molecule has 5 nitrogen and oxygen atoms in total. The second kappa shape index (κ2) is 8.10. The molecule has 2 heterocycles. The van der Waals surface area contributed by atoms with Crippen molar-refractivity contribution in [2.24, 2.45) is 0 Å². The maximum absolute atomic E-state index is 13.4. The third kappa shape index (κ3) is 3.68. The fourth-order valence-electron chi connectivity index (χ4n) is 3.24. The largest absolute Gasteiger partial charge is 0.394 e. The summed E-state index contributed by atoms with van der Waals surface area (Å²) in [6, 6.07) is 19.6. The van der Waals surface area contributed by atoms with Gasteiger partial charge in [-0.15, -0.1) is 5.10 Å². The van der Waals surface area contributed by atoms with Crippen LogP contribution in [0, 0.1) is 5.82 Å². The molecule has 0 saturated heterocycles. The molecule has 4 aromatic rings. The molecule has 0 saturated carbocycles. The van der Waals surface area contributed by atoms with Crippen molar-refractivity contribution in [2.75, 3.05) is 6.61 Å². The first-order valence-electron chi connectivity index (χ1n) is 9.02. The molecule has 0 unspecified atom stereocenters. The molecule has 0 spiro atoms. The Kier molecular flexibility index (Phi) is 5.21. The van der Waals surface area contributed by atoms with E-state index in [1.165, 1.54) is 12.1 Å². The van der Waals surface area contributed by atoms with Gasteiger partial charge in [-0.1, -0.05) is 35.5 Å². The van der Waals surface area contributed by atoms with Crippen LogP contribution in [0.1, 0.15) is 11.6 Å². The number of hydrogen-bond donors (Lipinski definition) is 1. The van der Waals surface area contributed by atoms with Gasteiger partial charge in [0, 0.05) is 23.5 Å². The fourth-order valence-corrected chi connectivity index (χ4v) is 3.24. The van der Waals surface area contributed by atoms with Crippen molar-refractivity contribution in [3.63, 3.8) is 0 Å². The molecule has 0 radical (unpaired) electrons. The summed E-state index contributed by atoms with van der Waals surface area (Å²) in [4.78, 5) is 4.08. The van der Waals surface area contributed by atoms with Gasteiger partial charge in [0.15, 0.2) is 0 Å². The minimum atomic E-state index is -0.307. The number of rotatable bonds is 6. The molecule has 0 fully saturated rings. The molecule has 0 aliphatic rings. The summed E-state index contributed by atoms with van der Waals surface area (Å²) in [7, 11) is 0. The van der Waals surface area contributed by atoms with Crippen molar-refractivity contribution in [2.45, 2.75) is 12.5 Å². The molecular weight excluding hydrogens is 355 g/mol. The van der Waals surface area contributed by atoms with E-state index in [1.807, 2.05) is 42.5 Å². The van der Waals surface area contributed by atoms with Gasteiger partial charge in [0.2, 0.25) is 0 Å². The van der Waals surface area contributed by atoms with Gasteiger partial charge < -0.3 is 5.11 Å². The van der Waals surface area contributed by atoms with Crippen LogP contribution < -0.4 is 0 Å². The average molecular weight is 374 g/mol. The Balaban J connectivity index is 1.81. The number of nitrogens with zero attached hydrogens (tertiary/aromatic N) is 4. The smallest absolute Gasteiger partial charge is 0.123 e. The van der Waals surface area contributed by atoms with Crippen molar-refractivity contribution in [1.82, 2.24) is 20.0 Å². The highest BCUT2D eigenvalue weighted by molar-refractivity contribution is 5.77. The van der Waals surface area contributed by atoms with Crippen molar-refractivity contribution < 1.29 is 9.50 Å². The van der Waals surface area contributed by atoms with Crippen LogP contribution in [0.25, 0.3) is 22.5 Å². The number of aliphatic hydroxyl groups excluding tert-OH is 1. The number of aliphatic hydroxyl groups is 1. The van der Waals surface area contributed by atoms with E-state index in [0.29, 0.717) is 12.1 Å². The third-order valence-electron chi connectivity index (χ3n) is 4.64. The Bertz CT molecular complexity index is 1030. The van der Waals surface area contributed by atoms with Gasteiger partial charge in [-0.3, -0.25) is 4.98 Å². The molecule has 0 amide bonds. The van der Waals surface area contributed by atoms with Crippen molar-refractivity contribution >= 4 is 0 Å². The lowest BCUT2D eigenvalue weighted by Crippen LogP contribution is -2.18. The van der Waals surface area contributed by atoms with E-state index in [9.17, 15) is 9.50 Å². The normalized spacial score (nSPS) is 12.1. The number of benzene rings is 2. The van der Waals surface area contributed by atoms with Crippen LogP contribution in [-0.4, -0.2) is 31.7 Å². The Morgan fingerprint density at radius 2 is 1.61 bits per heavy atom. The molecule has 1 atom stereocenters. The molecular formula is C22H19FN4O. The number of halogens is 1. The molecule has 0 aliphatic carbocycles. The lowest BCUT2D eigenvalue weighted by atomic mass is 10.0. The molecule has 28 heavy (non-hydrogen) atoms. The van der Waals surface area contributed by atoms with Crippen LogP contribution in [0.4, 0.5) is 4.39 Å². The summed E-state index contributed by atoms with van der Waals surface area (Å²) in [5, 5.41) is 18.8. The van der Waals surface area contributed by atoms with Gasteiger partial charge in [-0.05, 0) is 48.4 Å². The van der Waals surface area contributed by atoms with E-state index in [4.69, 9.17) is 0 Å². The van der Waals surface area contributed by atoms with E-state index in [0.717, 1.165) is 22.4 Å². The predicted molar refractivity (Wildman–Crippen MR) is 105 cm³/mol. The Hall–Kier alpha value is -3.38. The number of hydrogen-bond acceptors (Lipinski definition) is 4. The first-order chi connectivity index (χ1) is 13.8. The maximum Gasteiger partial charge on any atom is 0.123 e. The van der Waals surface area contributed by atoms with Gasteiger partial charge >= 0.3 is 0 Å². The highest BCUT2D eigenvalue weighted by atomic mass is 19.1. The average Bonchev–Trinajstić information content (AvgIpc) is 3.19. The van der Waals surface area contributed by atoms with Crippen LogP contribution in [0.5, 0.6) is 0 Å². The van der Waals surface area contributed by atoms with E-state index in [1.54, 1.807) is 29.2 Å². The molecule has 2 aromatic carbocycles. The van der Waals surface area contributed by atoms with Crippen molar-refractivity contribution in [3.8, 4) is 22.5 Å². The second-order valence-electron chi connectivity index (χ2n) is 6.50. The van der Waals surface area contributed by atoms with Crippen LogP contribution in [-0.2, 0) is 6.42 Å². The summed E-state index contributed by atoms with van der Waals surface area (Å²) < 4.78 is 15.1. The maximum atomic E-state index is 13.4. The fraction of sp³-hybridized carbons (Fsp3) is 0.136. The summed E-state index contributed by atoms with van der Waals surface area (Å²) in [5.74, 6) is -0.307. The minimum absolute atomic E-state index is 0.0841. The SMILES string of the molecule is OC[C@H](Cc1ccccc1)n1nnc(-c2ccc(F)cc2)c1-c1ccncc1. The van der Waals surface area contributed by atoms with E-state index < -0.39 is 0 Å². The summed E-state index contributed by atoms with van der Waals surface area (Å²) >= 11 is 0. The Morgan fingerprint density at radius 3 is 2.29 bits per heavy atom. The van der Waals surface area contributed by atoms with Crippen molar-refractivity contribution in [3.05, 3.63) is 90.5 Å². The van der Waals surface area contributed by atoms with Gasteiger partial charge in [0.05, 0.1) is 18.3 Å². The van der Waals surface area contributed by atoms with Crippen LogP contribution in [0.15, 0.2) is 79.1 Å². The molecule has 0 bridgehead atoms. The van der Waals surface area contributed by atoms with E-state index >= 15 is 0 Å². The zero-order valence-corrected chi connectivity index (χ0v) is 15.1. The first kappa shape index (κ1) is 18.0. The highest BCUT2D eigenvalue weighted by Crippen LogP contribution is 2.32. The lowest BCUT2D eigenvalue weighted by molar-refractivity contribution is 0.217. The molecule has 1 N–H and O–H groups in total. The Morgan fingerprint density at radius 1 is 0.893 bits per heavy atom. The third-order valence-corrected chi connectivity index (χ3v) is 4.64. The predicted octanol–water partition coefficient (Wildman–Crippen LogP) is 3.92. The second-order valence-corrected chi connectivity index (χ2v) is 6.50. The van der Waals surface area contributed by atoms with Gasteiger partial charge in [-0.25, -0.2) is 9.07 Å². The standard InChI is InChI=1S/C22H19FN4O/c23-19-8-6-17(7-9-19)21-22(18-10-12-24-13-11-18)27(26-25-21)20(15-28)14-16-4-2-1-3-5-16/h1-13,20,28H,14-15H2/t20-/m0/s1.